The van der Waals surface area contributed by atoms with Gasteiger partial charge in [-0.3, -0.25) is 9.78 Å². The van der Waals surface area contributed by atoms with E-state index in [9.17, 15) is 4.79 Å². The topological polar surface area (TPSA) is 47.8 Å². The van der Waals surface area contributed by atoms with E-state index in [2.05, 4.69) is 9.97 Å². The molecule has 0 aliphatic carbocycles. The lowest BCUT2D eigenvalue weighted by molar-refractivity contribution is 0.0992. The monoisotopic (exact) mass is 345 g/mol. The van der Waals surface area contributed by atoms with E-state index in [4.69, 9.17) is 5.48 Å². The number of aryl methyl sites for hydroxylation is 1. The molecular weight excluding hydrogens is 322 g/mol. The van der Waals surface area contributed by atoms with E-state index in [-0.39, 0.29) is 41.7 Å². The van der Waals surface area contributed by atoms with Crippen LogP contribution in [0.25, 0.3) is 22.0 Å². The quantitative estimate of drug-likeness (QED) is 0.516. The highest BCUT2D eigenvalue weighted by Gasteiger charge is 2.09. The Balaban J connectivity index is 1.71. The average Bonchev–Trinajstić information content (AvgIpc) is 3.16. The summed E-state index contributed by atoms with van der Waals surface area (Å²) in [4.78, 5) is 21.3. The van der Waals surface area contributed by atoms with E-state index in [1.54, 1.807) is 18.7 Å². The van der Waals surface area contributed by atoms with Gasteiger partial charge in [-0.15, -0.1) is 0 Å². The molecule has 2 aromatic carbocycles. The number of hydrogen-bond acceptors (Lipinski definition) is 3. The van der Waals surface area contributed by atoms with E-state index in [0.717, 1.165) is 22.0 Å². The minimum absolute atomic E-state index is 0.106. The van der Waals surface area contributed by atoms with Crippen LogP contribution in [-0.2, 0) is 13.5 Å². The van der Waals surface area contributed by atoms with E-state index in [0.29, 0.717) is 5.69 Å². The van der Waals surface area contributed by atoms with Gasteiger partial charge in [-0.25, -0.2) is 4.98 Å². The molecule has 0 amide bonds. The van der Waals surface area contributed by atoms with Gasteiger partial charge in [-0.05, 0) is 24.4 Å². The molecule has 0 spiro atoms. The zero-order valence-electron chi connectivity index (χ0n) is 18.5. The van der Waals surface area contributed by atoms with Crippen LogP contribution in [0.1, 0.15) is 27.1 Å². The number of pyridine rings is 1. The minimum Gasteiger partial charge on any atom is -0.334 e. The van der Waals surface area contributed by atoms with Crippen molar-refractivity contribution in [3.63, 3.8) is 0 Å². The normalized spacial score (nSPS) is 13.2. The summed E-state index contributed by atoms with van der Waals surface area (Å²) in [5.74, 6) is -0.485. The summed E-state index contributed by atoms with van der Waals surface area (Å²) in [5, 5.41) is 1.84. The number of Topliss-reactive ketones (excluding diaryl/α,β-unsaturated/α-hetero) is 1. The number of ketones is 1. The molecule has 2 aromatic heterocycles. The summed E-state index contributed by atoms with van der Waals surface area (Å²) < 4.78 is 34.0. The molecule has 0 atom stereocenters. The first-order chi connectivity index (χ1) is 14.3. The van der Waals surface area contributed by atoms with Crippen molar-refractivity contribution < 1.29 is 10.3 Å². The van der Waals surface area contributed by atoms with Gasteiger partial charge >= 0.3 is 0 Å². The van der Waals surface area contributed by atoms with Gasteiger partial charge in [-0.2, -0.15) is 0 Å². The Morgan fingerprint density at radius 2 is 1.92 bits per heavy atom. The van der Waals surface area contributed by atoms with E-state index >= 15 is 0 Å². The average molecular weight is 345 g/mol. The zero-order valence-corrected chi connectivity index (χ0v) is 14.5. The van der Waals surface area contributed by atoms with Gasteiger partial charge in [-0.1, -0.05) is 41.9 Å². The smallest absolute Gasteiger partial charge is 0.168 e. The number of nitrogens with zero attached hydrogens (tertiary/aromatic N) is 3. The number of imidazole rings is 1. The van der Waals surface area contributed by atoms with Gasteiger partial charge in [0.15, 0.2) is 5.78 Å². The molecule has 0 N–H and O–H groups in total. The lowest BCUT2D eigenvalue weighted by Gasteiger charge is -2.07. The Morgan fingerprint density at radius 3 is 2.65 bits per heavy atom. The SMILES string of the molecule is [2H]c1c([2H])c(C(=O)Cc2cc3cc(-c4cncn4C)ccc3cn2)c([2H])c([2H])c1C. The fraction of sp³-hybridized carbons (Fsp3) is 0.136. The predicted molar refractivity (Wildman–Crippen MR) is 103 cm³/mol. The summed E-state index contributed by atoms with van der Waals surface area (Å²) in [6.45, 7) is 1.51. The Bertz CT molecular complexity index is 1280. The second-order valence-corrected chi connectivity index (χ2v) is 6.23. The van der Waals surface area contributed by atoms with E-state index in [1.807, 2.05) is 35.9 Å². The molecule has 4 heteroatoms. The van der Waals surface area contributed by atoms with Gasteiger partial charge in [0.25, 0.3) is 0 Å². The third-order valence-electron chi connectivity index (χ3n) is 4.26. The highest BCUT2D eigenvalue weighted by molar-refractivity contribution is 5.98. The van der Waals surface area contributed by atoms with Gasteiger partial charge in [0.2, 0.25) is 0 Å². The molecule has 0 unspecified atom stereocenters. The van der Waals surface area contributed by atoms with E-state index in [1.165, 1.54) is 6.92 Å². The molecule has 128 valence electrons. The molecule has 0 fully saturated rings. The summed E-state index contributed by atoms with van der Waals surface area (Å²) in [6, 6.07) is 6.77. The molecule has 4 nitrogen and oxygen atoms in total. The van der Waals surface area contributed by atoms with Crippen LogP contribution >= 0.6 is 0 Å². The van der Waals surface area contributed by atoms with Crippen molar-refractivity contribution in [1.82, 2.24) is 14.5 Å². The number of fused-ring (bicyclic) bond motifs is 1. The van der Waals surface area contributed by atoms with Gasteiger partial charge in [0.05, 0.1) is 30.1 Å². The maximum Gasteiger partial charge on any atom is 0.168 e. The summed E-state index contributed by atoms with van der Waals surface area (Å²) >= 11 is 0. The lowest BCUT2D eigenvalue weighted by atomic mass is 10.0. The molecular formula is C22H19N3O. The Morgan fingerprint density at radius 1 is 1.12 bits per heavy atom. The highest BCUT2D eigenvalue weighted by Crippen LogP contribution is 2.24. The van der Waals surface area contributed by atoms with Crippen LogP contribution in [0.2, 0.25) is 0 Å². The first kappa shape index (κ1) is 12.1. The van der Waals surface area contributed by atoms with Crippen LogP contribution in [0.4, 0.5) is 0 Å². The van der Waals surface area contributed by atoms with Crippen molar-refractivity contribution in [2.24, 2.45) is 7.05 Å². The second kappa shape index (κ2) is 6.56. The molecule has 4 aromatic rings. The molecule has 0 saturated carbocycles. The summed E-state index contributed by atoms with van der Waals surface area (Å²) in [6.07, 6.45) is 5.10. The molecule has 4 rings (SSSR count). The number of carbonyl (C=O) groups excluding carboxylic acids is 1. The first-order valence-electron chi connectivity index (χ1n) is 10.2. The fourth-order valence-electron chi connectivity index (χ4n) is 2.85. The van der Waals surface area contributed by atoms with Crippen molar-refractivity contribution in [2.75, 3.05) is 0 Å². The van der Waals surface area contributed by atoms with Crippen LogP contribution in [0.5, 0.6) is 0 Å². The summed E-state index contributed by atoms with van der Waals surface area (Å²) in [7, 11) is 1.92. The minimum atomic E-state index is -0.485. The largest absolute Gasteiger partial charge is 0.334 e. The Hall–Kier alpha value is -3.27. The van der Waals surface area contributed by atoms with E-state index < -0.39 is 5.78 Å². The fourth-order valence-corrected chi connectivity index (χ4v) is 2.85. The number of aromatic nitrogens is 3. The van der Waals surface area contributed by atoms with Crippen molar-refractivity contribution in [1.29, 1.82) is 0 Å². The van der Waals surface area contributed by atoms with Crippen molar-refractivity contribution in [3.8, 4) is 11.3 Å². The third-order valence-corrected chi connectivity index (χ3v) is 4.26. The Labute approximate surface area is 157 Å². The van der Waals surface area contributed by atoms with Gasteiger partial charge < -0.3 is 4.57 Å². The molecule has 0 aliphatic rings. The maximum absolute atomic E-state index is 12.8. The molecule has 2 heterocycles. The molecule has 0 aliphatic heterocycles. The maximum atomic E-state index is 12.8. The highest BCUT2D eigenvalue weighted by atomic mass is 16.1. The van der Waals surface area contributed by atoms with Crippen molar-refractivity contribution in [2.45, 2.75) is 13.3 Å². The van der Waals surface area contributed by atoms with Crippen molar-refractivity contribution in [3.05, 3.63) is 84.0 Å². The first-order valence-corrected chi connectivity index (χ1v) is 8.23. The predicted octanol–water partition coefficient (Wildman–Crippen LogP) is 4.37. The van der Waals surface area contributed by atoms with Crippen LogP contribution in [0.15, 0.2) is 67.2 Å². The number of hydrogen-bond donors (Lipinski definition) is 0. The lowest BCUT2D eigenvalue weighted by Crippen LogP contribution is -2.05. The number of benzene rings is 2. The van der Waals surface area contributed by atoms with Crippen LogP contribution < -0.4 is 0 Å². The standard InChI is InChI=1S/C22H19N3O/c1-15-3-5-16(6-4-15)22(26)11-20-10-19-9-17(7-8-18(19)12-24-20)21-13-23-14-25(21)2/h3-10,12-14H,11H2,1-2H3/i3D,4D,5D,6D. The Kier molecular flexibility index (Phi) is 3.06. The van der Waals surface area contributed by atoms with Crippen LogP contribution in [0.3, 0.4) is 0 Å². The molecule has 0 radical (unpaired) electrons. The molecule has 26 heavy (non-hydrogen) atoms. The van der Waals surface area contributed by atoms with Gasteiger partial charge in [0.1, 0.15) is 0 Å². The summed E-state index contributed by atoms with van der Waals surface area (Å²) in [5.41, 5.74) is 2.50. The second-order valence-electron chi connectivity index (χ2n) is 6.23. The number of rotatable bonds is 4. The van der Waals surface area contributed by atoms with Crippen molar-refractivity contribution >= 4 is 16.6 Å². The molecule has 0 saturated heterocycles. The van der Waals surface area contributed by atoms with Crippen LogP contribution in [-0.4, -0.2) is 20.3 Å². The van der Waals surface area contributed by atoms with Crippen LogP contribution in [0, 0.1) is 6.92 Å². The van der Waals surface area contributed by atoms with Gasteiger partial charge in [0, 0.05) is 35.5 Å². The number of carbonyl (C=O) groups is 1. The molecule has 0 bridgehead atoms. The zero-order chi connectivity index (χ0) is 21.6. The third kappa shape index (κ3) is 3.14.